The van der Waals surface area contributed by atoms with Gasteiger partial charge in [-0.15, -0.1) is 0 Å². The van der Waals surface area contributed by atoms with Crippen LogP contribution >= 0.6 is 0 Å². The summed E-state index contributed by atoms with van der Waals surface area (Å²) in [5.41, 5.74) is 5.97. The van der Waals surface area contributed by atoms with Gasteiger partial charge in [-0.05, 0) is 70.8 Å². The van der Waals surface area contributed by atoms with Crippen LogP contribution in [0.2, 0.25) is 0 Å². The van der Waals surface area contributed by atoms with Crippen LogP contribution < -0.4 is 0 Å². The monoisotopic (exact) mass is 398 g/mol. The van der Waals surface area contributed by atoms with Crippen molar-refractivity contribution in [1.29, 1.82) is 0 Å². The average molecular weight is 398 g/mol. The first kappa shape index (κ1) is 21.3. The topological polar surface area (TPSA) is 80.9 Å². The normalized spacial score (nSPS) is 10.0. The highest BCUT2D eigenvalue weighted by Crippen LogP contribution is 2.12. The summed E-state index contributed by atoms with van der Waals surface area (Å²) in [6, 6.07) is 18.2. The van der Waals surface area contributed by atoms with Crippen molar-refractivity contribution in [3.05, 3.63) is 105 Å². The second-order valence-corrected chi connectivity index (χ2v) is 6.79. The highest BCUT2D eigenvalue weighted by molar-refractivity contribution is 5.49. The van der Waals surface area contributed by atoms with E-state index in [1.165, 1.54) is 0 Å². The summed E-state index contributed by atoms with van der Waals surface area (Å²) in [5.74, 6) is 12.3. The predicted octanol–water partition coefficient (Wildman–Crippen LogP) is 2.46. The largest absolute Gasteiger partial charge is 0.392 e. The van der Waals surface area contributed by atoms with Crippen molar-refractivity contribution in [2.45, 2.75) is 26.4 Å². The smallest absolute Gasteiger partial charge is 0.0682 e. The Morgan fingerprint density at radius 1 is 0.400 bits per heavy atom. The molecule has 0 saturated heterocycles. The fraction of sp³-hybridized carbons (Fsp3) is 0.154. The van der Waals surface area contributed by atoms with E-state index in [4.69, 9.17) is 0 Å². The van der Waals surface area contributed by atoms with Crippen molar-refractivity contribution in [2.75, 3.05) is 0 Å². The average Bonchev–Trinajstić information content (AvgIpc) is 2.81. The lowest BCUT2D eigenvalue weighted by atomic mass is 10.1. The molecular formula is C26H22O4. The van der Waals surface area contributed by atoms with Gasteiger partial charge in [0.15, 0.2) is 0 Å². The molecule has 0 spiro atoms. The molecule has 150 valence electrons. The third kappa shape index (κ3) is 5.81. The third-order valence-corrected chi connectivity index (χ3v) is 4.42. The Morgan fingerprint density at radius 2 is 0.667 bits per heavy atom. The van der Waals surface area contributed by atoms with Crippen molar-refractivity contribution in [3.8, 4) is 23.7 Å². The van der Waals surface area contributed by atoms with Crippen molar-refractivity contribution >= 4 is 0 Å². The maximum Gasteiger partial charge on any atom is 0.0682 e. The Kier molecular flexibility index (Phi) is 7.40. The molecule has 4 heteroatoms. The molecule has 0 aliphatic carbocycles. The van der Waals surface area contributed by atoms with Gasteiger partial charge in [-0.3, -0.25) is 0 Å². The molecule has 0 saturated carbocycles. The summed E-state index contributed by atoms with van der Waals surface area (Å²) in [4.78, 5) is 0. The number of benzene rings is 3. The molecule has 3 aromatic carbocycles. The fourth-order valence-corrected chi connectivity index (χ4v) is 2.96. The lowest BCUT2D eigenvalue weighted by molar-refractivity contribution is 0.275. The molecule has 0 aliphatic rings. The Balaban J connectivity index is 1.78. The van der Waals surface area contributed by atoms with E-state index in [9.17, 15) is 20.4 Å². The molecule has 0 aliphatic heterocycles. The fourth-order valence-electron chi connectivity index (χ4n) is 2.96. The van der Waals surface area contributed by atoms with Gasteiger partial charge in [-0.1, -0.05) is 35.8 Å². The molecule has 30 heavy (non-hydrogen) atoms. The molecule has 0 bridgehead atoms. The number of hydrogen-bond acceptors (Lipinski definition) is 4. The summed E-state index contributed by atoms with van der Waals surface area (Å²) in [6.45, 7) is -0.401. The summed E-state index contributed by atoms with van der Waals surface area (Å²) in [7, 11) is 0. The number of aliphatic hydroxyl groups is 4. The van der Waals surface area contributed by atoms with Gasteiger partial charge in [0.2, 0.25) is 0 Å². The summed E-state index contributed by atoms with van der Waals surface area (Å²) in [6.07, 6.45) is 0. The Bertz CT molecular complexity index is 1000. The number of rotatable bonds is 4. The molecule has 0 unspecified atom stereocenters. The van der Waals surface area contributed by atoms with Crippen LogP contribution in [0, 0.1) is 23.7 Å². The maximum absolute atomic E-state index is 9.32. The quantitative estimate of drug-likeness (QED) is 0.509. The van der Waals surface area contributed by atoms with Gasteiger partial charge in [-0.2, -0.15) is 0 Å². The Hall–Kier alpha value is -3.38. The van der Waals surface area contributed by atoms with Crippen LogP contribution in [0.4, 0.5) is 0 Å². The second kappa shape index (κ2) is 10.4. The third-order valence-electron chi connectivity index (χ3n) is 4.42. The van der Waals surface area contributed by atoms with Crippen molar-refractivity contribution in [2.24, 2.45) is 0 Å². The van der Waals surface area contributed by atoms with Gasteiger partial charge in [-0.25, -0.2) is 0 Å². The zero-order chi connectivity index (χ0) is 21.3. The van der Waals surface area contributed by atoms with Crippen LogP contribution in [-0.4, -0.2) is 20.4 Å². The summed E-state index contributed by atoms with van der Waals surface area (Å²) in [5, 5.41) is 37.3. The van der Waals surface area contributed by atoms with E-state index in [1.807, 2.05) is 24.3 Å². The van der Waals surface area contributed by atoms with E-state index in [1.54, 1.807) is 36.4 Å². The SMILES string of the molecule is OCc1cc(C#Cc2ccc(C#Cc3cc(CO)cc(CO)c3)cc2)cc(CO)c1. The first-order valence-corrected chi connectivity index (χ1v) is 9.46. The Labute approximate surface area is 176 Å². The van der Waals surface area contributed by atoms with E-state index >= 15 is 0 Å². The first-order chi connectivity index (χ1) is 14.6. The zero-order valence-corrected chi connectivity index (χ0v) is 16.4. The second-order valence-electron chi connectivity index (χ2n) is 6.79. The molecule has 4 N–H and O–H groups in total. The van der Waals surface area contributed by atoms with E-state index in [2.05, 4.69) is 23.7 Å². The van der Waals surface area contributed by atoms with Gasteiger partial charge >= 0.3 is 0 Å². The molecule has 4 nitrogen and oxygen atoms in total. The van der Waals surface area contributed by atoms with Crippen LogP contribution in [0.15, 0.2) is 60.7 Å². The lowest BCUT2D eigenvalue weighted by Crippen LogP contribution is -1.91. The van der Waals surface area contributed by atoms with Crippen LogP contribution in [0.3, 0.4) is 0 Å². The molecule has 0 fully saturated rings. The number of aliphatic hydroxyl groups excluding tert-OH is 4. The molecule has 3 rings (SSSR count). The van der Waals surface area contributed by atoms with Gasteiger partial charge in [0.1, 0.15) is 0 Å². The minimum Gasteiger partial charge on any atom is -0.392 e. The minimum atomic E-state index is -0.100. The zero-order valence-electron chi connectivity index (χ0n) is 16.4. The van der Waals surface area contributed by atoms with Gasteiger partial charge < -0.3 is 20.4 Å². The Morgan fingerprint density at radius 3 is 0.933 bits per heavy atom. The summed E-state index contributed by atoms with van der Waals surface area (Å²) < 4.78 is 0. The minimum absolute atomic E-state index is 0.100. The van der Waals surface area contributed by atoms with Gasteiger partial charge in [0, 0.05) is 22.3 Å². The highest BCUT2D eigenvalue weighted by Gasteiger charge is 1.99. The predicted molar refractivity (Wildman–Crippen MR) is 115 cm³/mol. The maximum atomic E-state index is 9.32. The summed E-state index contributed by atoms with van der Waals surface area (Å²) >= 11 is 0. The first-order valence-electron chi connectivity index (χ1n) is 9.46. The van der Waals surface area contributed by atoms with E-state index < -0.39 is 0 Å². The van der Waals surface area contributed by atoms with E-state index in [-0.39, 0.29) is 26.4 Å². The van der Waals surface area contributed by atoms with Crippen LogP contribution in [0.1, 0.15) is 44.5 Å². The van der Waals surface area contributed by atoms with Crippen molar-refractivity contribution < 1.29 is 20.4 Å². The van der Waals surface area contributed by atoms with E-state index in [0.717, 1.165) is 22.3 Å². The molecule has 0 aromatic heterocycles. The van der Waals surface area contributed by atoms with Crippen molar-refractivity contribution in [3.63, 3.8) is 0 Å². The molecule has 0 amide bonds. The number of hydrogen-bond donors (Lipinski definition) is 4. The van der Waals surface area contributed by atoms with Crippen LogP contribution in [0.25, 0.3) is 0 Å². The standard InChI is InChI=1S/C26H22O4/c27-15-23-9-21(10-24(13-23)16-28)7-5-19-1-2-20(4-3-19)6-8-22-11-25(17-29)14-26(12-22)18-30/h1-4,9-14,27-30H,15-18H2. The van der Waals surface area contributed by atoms with Crippen LogP contribution in [0.5, 0.6) is 0 Å². The highest BCUT2D eigenvalue weighted by atomic mass is 16.3. The molecule has 0 atom stereocenters. The van der Waals surface area contributed by atoms with Gasteiger partial charge in [0.05, 0.1) is 26.4 Å². The van der Waals surface area contributed by atoms with Crippen molar-refractivity contribution in [1.82, 2.24) is 0 Å². The molecule has 0 radical (unpaired) electrons. The van der Waals surface area contributed by atoms with Gasteiger partial charge in [0.25, 0.3) is 0 Å². The molecule has 0 heterocycles. The lowest BCUT2D eigenvalue weighted by Gasteiger charge is -2.02. The van der Waals surface area contributed by atoms with E-state index in [0.29, 0.717) is 22.3 Å². The van der Waals surface area contributed by atoms with Crippen LogP contribution in [-0.2, 0) is 26.4 Å². The molecular weight excluding hydrogens is 376 g/mol. The molecule has 3 aromatic rings.